The molecule has 2 aromatic rings. The van der Waals surface area contributed by atoms with Crippen molar-refractivity contribution in [3.63, 3.8) is 0 Å². The van der Waals surface area contributed by atoms with E-state index in [0.29, 0.717) is 10.6 Å². The van der Waals surface area contributed by atoms with Crippen molar-refractivity contribution in [2.45, 2.75) is 32.3 Å². The van der Waals surface area contributed by atoms with Crippen molar-refractivity contribution in [3.8, 4) is 11.3 Å². The van der Waals surface area contributed by atoms with Gasteiger partial charge in [0.1, 0.15) is 6.54 Å². The second kappa shape index (κ2) is 7.96. The molecule has 0 amide bonds. The lowest BCUT2D eigenvalue weighted by atomic mass is 10.1. The van der Waals surface area contributed by atoms with Crippen molar-refractivity contribution in [3.05, 3.63) is 46.0 Å². The zero-order chi connectivity index (χ0) is 19.5. The maximum absolute atomic E-state index is 12.7. The van der Waals surface area contributed by atoms with Gasteiger partial charge in [-0.15, -0.1) is 0 Å². The molecule has 0 spiro atoms. The van der Waals surface area contributed by atoms with E-state index in [1.54, 1.807) is 6.92 Å². The van der Waals surface area contributed by atoms with Crippen LogP contribution in [0.2, 0.25) is 5.02 Å². The number of aliphatic hydroxyl groups excluding tert-OH is 1. The Labute approximate surface area is 151 Å². The highest BCUT2D eigenvalue weighted by Crippen LogP contribution is 2.25. The molecule has 6 nitrogen and oxygen atoms in total. The van der Waals surface area contributed by atoms with Crippen molar-refractivity contribution < 1.29 is 27.8 Å². The Balaban J connectivity index is 2.48. The van der Waals surface area contributed by atoms with Gasteiger partial charge in [0, 0.05) is 11.2 Å². The average molecular weight is 393 g/mol. The molecule has 0 radical (unpaired) electrons. The van der Waals surface area contributed by atoms with Crippen molar-refractivity contribution in [1.29, 1.82) is 0 Å². The Bertz CT molecular complexity index is 828. The number of rotatable bonds is 6. The third-order valence-corrected chi connectivity index (χ3v) is 3.78. The summed E-state index contributed by atoms with van der Waals surface area (Å²) < 4.78 is 44.6. The summed E-state index contributed by atoms with van der Waals surface area (Å²) in [4.78, 5) is 24.1. The first-order chi connectivity index (χ1) is 12.1. The van der Waals surface area contributed by atoms with Gasteiger partial charge in [0.15, 0.2) is 6.10 Å². The van der Waals surface area contributed by atoms with Gasteiger partial charge >= 0.3 is 17.8 Å². The van der Waals surface area contributed by atoms with E-state index in [1.165, 1.54) is 30.5 Å². The maximum Gasteiger partial charge on any atom is 0.416 e. The van der Waals surface area contributed by atoms with Gasteiger partial charge in [-0.3, -0.25) is 13.9 Å². The summed E-state index contributed by atoms with van der Waals surface area (Å²) in [6.45, 7) is 0.230. The molecule has 10 heteroatoms. The Morgan fingerprint density at radius 1 is 1.31 bits per heavy atom. The summed E-state index contributed by atoms with van der Waals surface area (Å²) in [5.41, 5.74) is -0.353. The molecule has 1 heterocycles. The number of esters is 1. The predicted octanol–water partition coefficient (Wildman–Crippen LogP) is 2.46. The largest absolute Gasteiger partial charge is 0.465 e. The van der Waals surface area contributed by atoms with Gasteiger partial charge in [-0.2, -0.15) is 13.2 Å². The zero-order valence-corrected chi connectivity index (χ0v) is 14.4. The molecule has 0 bridgehead atoms. The number of benzene rings is 1. The van der Waals surface area contributed by atoms with Crippen LogP contribution in [0.3, 0.4) is 0 Å². The standard InChI is InChI=1S/C16H16ClF3N2O4/c1-2-26-14(24)9-21-7-12(10-3-5-11(17)6-4-10)22(15(21)25)8-13(23)16(18,19)20/h3-7,13,23H,2,8-9H2,1H3/t13-/m0/s1. The number of halogens is 4. The van der Waals surface area contributed by atoms with Gasteiger partial charge < -0.3 is 9.84 Å². The number of aromatic nitrogens is 2. The van der Waals surface area contributed by atoms with E-state index in [0.717, 1.165) is 9.13 Å². The summed E-state index contributed by atoms with van der Waals surface area (Å²) in [5.74, 6) is -0.703. The van der Waals surface area contributed by atoms with E-state index in [4.69, 9.17) is 16.3 Å². The van der Waals surface area contributed by atoms with E-state index in [9.17, 15) is 27.9 Å². The molecule has 1 atom stereocenters. The second-order valence-electron chi connectivity index (χ2n) is 5.40. The molecule has 1 aromatic carbocycles. The normalized spacial score (nSPS) is 12.8. The molecule has 0 saturated carbocycles. The Hall–Kier alpha value is -2.26. The molecule has 0 saturated heterocycles. The lowest BCUT2D eigenvalue weighted by molar-refractivity contribution is -0.207. The third kappa shape index (κ3) is 4.67. The zero-order valence-electron chi connectivity index (χ0n) is 13.7. The maximum atomic E-state index is 12.7. The Kier molecular flexibility index (Phi) is 6.14. The van der Waals surface area contributed by atoms with Gasteiger partial charge in [-0.05, 0) is 24.6 Å². The first-order valence-corrected chi connectivity index (χ1v) is 7.97. The molecule has 2 rings (SSSR count). The number of carbonyl (C=O) groups is 1. The highest BCUT2D eigenvalue weighted by atomic mass is 35.5. The molecular weight excluding hydrogens is 377 g/mol. The summed E-state index contributed by atoms with van der Waals surface area (Å²) in [6, 6.07) is 6.05. The fourth-order valence-electron chi connectivity index (χ4n) is 2.29. The lowest BCUT2D eigenvalue weighted by Gasteiger charge is -2.16. The van der Waals surface area contributed by atoms with Crippen LogP contribution in [-0.2, 0) is 22.6 Å². The highest BCUT2D eigenvalue weighted by Gasteiger charge is 2.39. The molecule has 1 aromatic heterocycles. The second-order valence-corrected chi connectivity index (χ2v) is 5.84. The Morgan fingerprint density at radius 3 is 2.46 bits per heavy atom. The third-order valence-electron chi connectivity index (χ3n) is 3.52. The number of aliphatic hydroxyl groups is 1. The van der Waals surface area contributed by atoms with E-state index < -0.39 is 37.0 Å². The number of ether oxygens (including phenoxy) is 1. The highest BCUT2D eigenvalue weighted by molar-refractivity contribution is 6.30. The van der Waals surface area contributed by atoms with Crippen LogP contribution in [-0.4, -0.2) is 39.1 Å². The van der Waals surface area contributed by atoms with Crippen LogP contribution < -0.4 is 5.69 Å². The van der Waals surface area contributed by atoms with E-state index in [-0.39, 0.29) is 12.3 Å². The first kappa shape index (κ1) is 20.1. The summed E-state index contributed by atoms with van der Waals surface area (Å²) in [6.07, 6.45) is -6.38. The van der Waals surface area contributed by atoms with Crippen LogP contribution in [0.25, 0.3) is 11.3 Å². The first-order valence-electron chi connectivity index (χ1n) is 7.59. The Morgan fingerprint density at radius 2 is 1.92 bits per heavy atom. The molecule has 0 aliphatic carbocycles. The SMILES string of the molecule is CCOC(=O)Cn1cc(-c2ccc(Cl)cc2)n(C[C@H](O)C(F)(F)F)c1=O. The van der Waals surface area contributed by atoms with Gasteiger partial charge in [0.05, 0.1) is 18.8 Å². The number of nitrogens with zero attached hydrogens (tertiary/aromatic N) is 2. The molecule has 0 aliphatic heterocycles. The van der Waals surface area contributed by atoms with Crippen LogP contribution in [0, 0.1) is 0 Å². The predicted molar refractivity (Wildman–Crippen MR) is 87.8 cm³/mol. The molecular formula is C16H16ClF3N2O4. The monoisotopic (exact) mass is 392 g/mol. The number of hydrogen-bond acceptors (Lipinski definition) is 4. The van der Waals surface area contributed by atoms with Gasteiger partial charge in [-0.25, -0.2) is 4.79 Å². The van der Waals surface area contributed by atoms with Crippen molar-refractivity contribution >= 4 is 17.6 Å². The summed E-state index contributed by atoms with van der Waals surface area (Å²) in [5, 5.41) is 9.75. The number of carbonyl (C=O) groups excluding carboxylic acids is 1. The quantitative estimate of drug-likeness (QED) is 0.766. The minimum absolute atomic E-state index is 0.102. The van der Waals surface area contributed by atoms with Crippen LogP contribution >= 0.6 is 11.6 Å². The van der Waals surface area contributed by atoms with Gasteiger partial charge in [0.25, 0.3) is 0 Å². The van der Waals surface area contributed by atoms with Crippen LogP contribution in [0.15, 0.2) is 35.3 Å². The lowest BCUT2D eigenvalue weighted by Crippen LogP contribution is -2.37. The van der Waals surface area contributed by atoms with Crippen molar-refractivity contribution in [2.24, 2.45) is 0 Å². The number of hydrogen-bond donors (Lipinski definition) is 1. The molecule has 0 fully saturated rings. The smallest absolute Gasteiger partial charge is 0.416 e. The van der Waals surface area contributed by atoms with E-state index >= 15 is 0 Å². The van der Waals surface area contributed by atoms with Crippen molar-refractivity contribution in [2.75, 3.05) is 6.61 Å². The fraction of sp³-hybridized carbons (Fsp3) is 0.375. The van der Waals surface area contributed by atoms with Crippen LogP contribution in [0.5, 0.6) is 0 Å². The molecule has 0 aliphatic rings. The van der Waals surface area contributed by atoms with Gasteiger partial charge in [-0.1, -0.05) is 23.7 Å². The number of imidazole rings is 1. The molecule has 142 valence electrons. The molecule has 26 heavy (non-hydrogen) atoms. The minimum atomic E-state index is -4.89. The van der Waals surface area contributed by atoms with Gasteiger partial charge in [0.2, 0.25) is 0 Å². The molecule has 0 unspecified atom stereocenters. The van der Waals surface area contributed by atoms with Crippen LogP contribution in [0.1, 0.15) is 6.92 Å². The van der Waals surface area contributed by atoms with Crippen molar-refractivity contribution in [1.82, 2.24) is 9.13 Å². The average Bonchev–Trinajstić information content (AvgIpc) is 2.84. The topological polar surface area (TPSA) is 73.5 Å². The number of alkyl halides is 3. The fourth-order valence-corrected chi connectivity index (χ4v) is 2.42. The van der Waals surface area contributed by atoms with Crippen LogP contribution in [0.4, 0.5) is 13.2 Å². The van der Waals surface area contributed by atoms with E-state index in [2.05, 4.69) is 0 Å². The van der Waals surface area contributed by atoms with E-state index in [1.807, 2.05) is 0 Å². The summed E-state index contributed by atoms with van der Waals surface area (Å²) in [7, 11) is 0. The summed E-state index contributed by atoms with van der Waals surface area (Å²) >= 11 is 5.80. The molecule has 1 N–H and O–H groups in total. The minimum Gasteiger partial charge on any atom is -0.465 e.